The monoisotopic (exact) mass is 311 g/mol. The van der Waals surface area contributed by atoms with E-state index in [1.807, 2.05) is 27.7 Å². The summed E-state index contributed by atoms with van der Waals surface area (Å²) >= 11 is 0. The van der Waals surface area contributed by atoms with Crippen molar-refractivity contribution in [2.45, 2.75) is 40.2 Å². The van der Waals surface area contributed by atoms with Gasteiger partial charge in [0, 0.05) is 31.7 Å². The van der Waals surface area contributed by atoms with Crippen molar-refractivity contribution >= 4 is 5.91 Å². The molecule has 0 bridgehead atoms. The minimum absolute atomic E-state index is 0.0932. The first-order valence-corrected chi connectivity index (χ1v) is 7.69. The van der Waals surface area contributed by atoms with Crippen LogP contribution in [0, 0.1) is 0 Å². The predicted octanol–water partition coefficient (Wildman–Crippen LogP) is 3.27. The predicted molar refractivity (Wildman–Crippen MR) is 88.9 cm³/mol. The number of nitrogens with one attached hydrogen (secondary N) is 1. The van der Waals surface area contributed by atoms with E-state index in [1.54, 1.807) is 32.4 Å². The highest BCUT2D eigenvalue weighted by molar-refractivity contribution is 5.95. The van der Waals surface area contributed by atoms with Crippen molar-refractivity contribution in [2.24, 2.45) is 0 Å². The zero-order chi connectivity index (χ0) is 17.0. The first-order chi connectivity index (χ1) is 10.6. The second-order valence-electron chi connectivity index (χ2n) is 4.69. The Morgan fingerprint density at radius 1 is 1.14 bits per heavy atom. The fourth-order valence-electron chi connectivity index (χ4n) is 1.66. The summed E-state index contributed by atoms with van der Waals surface area (Å²) in [5, 5.41) is 2.84. The average molecular weight is 311 g/mol. The minimum Gasteiger partial charge on any atom is -0.493 e. The molecular formula is C17H29NO4. The molecule has 22 heavy (non-hydrogen) atoms. The highest BCUT2D eigenvalue weighted by atomic mass is 16.5. The average Bonchev–Trinajstić information content (AvgIpc) is 2.52. The first kappa shape index (κ1) is 20.2. The molecule has 0 atom stereocenters. The normalized spacial score (nSPS) is 9.77. The van der Waals surface area contributed by atoms with Crippen molar-refractivity contribution in [1.82, 2.24) is 5.32 Å². The first-order valence-electron chi connectivity index (χ1n) is 7.69. The molecule has 1 amide bonds. The van der Waals surface area contributed by atoms with Crippen molar-refractivity contribution in [3.63, 3.8) is 0 Å². The Morgan fingerprint density at radius 2 is 1.82 bits per heavy atom. The molecule has 1 rings (SSSR count). The molecule has 1 N–H and O–H groups in total. The number of carbonyl (C=O) groups is 1. The van der Waals surface area contributed by atoms with Gasteiger partial charge in [-0.1, -0.05) is 13.8 Å². The van der Waals surface area contributed by atoms with E-state index < -0.39 is 0 Å². The smallest absolute Gasteiger partial charge is 0.251 e. The zero-order valence-corrected chi connectivity index (χ0v) is 14.6. The van der Waals surface area contributed by atoms with Crippen LogP contribution in [-0.2, 0) is 4.74 Å². The summed E-state index contributed by atoms with van der Waals surface area (Å²) < 4.78 is 15.8. The topological polar surface area (TPSA) is 56.8 Å². The van der Waals surface area contributed by atoms with Gasteiger partial charge in [-0.15, -0.1) is 0 Å². The molecule has 0 aliphatic carbocycles. The van der Waals surface area contributed by atoms with Crippen LogP contribution in [-0.4, -0.2) is 39.4 Å². The molecule has 0 saturated heterocycles. The lowest BCUT2D eigenvalue weighted by Crippen LogP contribution is -2.30. The molecule has 5 nitrogen and oxygen atoms in total. The van der Waals surface area contributed by atoms with Crippen molar-refractivity contribution < 1.29 is 19.0 Å². The van der Waals surface area contributed by atoms with E-state index >= 15 is 0 Å². The highest BCUT2D eigenvalue weighted by Crippen LogP contribution is 2.28. The third-order valence-corrected chi connectivity index (χ3v) is 2.60. The van der Waals surface area contributed by atoms with Crippen molar-refractivity contribution in [3.8, 4) is 11.5 Å². The summed E-state index contributed by atoms with van der Waals surface area (Å²) in [4.78, 5) is 12.0. The highest BCUT2D eigenvalue weighted by Gasteiger charge is 2.11. The quantitative estimate of drug-likeness (QED) is 0.749. The van der Waals surface area contributed by atoms with Crippen LogP contribution in [0.25, 0.3) is 0 Å². The van der Waals surface area contributed by atoms with Crippen LogP contribution >= 0.6 is 0 Å². The SMILES string of the molecule is CC.COCCCOc1cc(C(=O)NC(C)C)ccc1OC. The summed E-state index contributed by atoms with van der Waals surface area (Å²) in [6, 6.07) is 5.25. The molecule has 1 aromatic rings. The van der Waals surface area contributed by atoms with Crippen LogP contribution in [0.3, 0.4) is 0 Å². The van der Waals surface area contributed by atoms with Gasteiger partial charge in [0.25, 0.3) is 5.91 Å². The number of rotatable bonds is 8. The third kappa shape index (κ3) is 7.31. The number of ether oxygens (including phenoxy) is 3. The molecule has 126 valence electrons. The van der Waals surface area contributed by atoms with Gasteiger partial charge in [-0.2, -0.15) is 0 Å². The van der Waals surface area contributed by atoms with Crippen LogP contribution < -0.4 is 14.8 Å². The Bertz CT molecular complexity index is 433. The second-order valence-corrected chi connectivity index (χ2v) is 4.69. The molecule has 0 heterocycles. The van der Waals surface area contributed by atoms with Crippen molar-refractivity contribution in [3.05, 3.63) is 23.8 Å². The Balaban J connectivity index is 0.00000211. The van der Waals surface area contributed by atoms with Gasteiger partial charge in [-0.05, 0) is 32.0 Å². The molecule has 0 spiro atoms. The number of hydrogen-bond acceptors (Lipinski definition) is 4. The van der Waals surface area contributed by atoms with Gasteiger partial charge in [0.05, 0.1) is 13.7 Å². The Morgan fingerprint density at radius 3 is 2.36 bits per heavy atom. The summed E-state index contributed by atoms with van der Waals surface area (Å²) in [6.45, 7) is 8.99. The zero-order valence-electron chi connectivity index (χ0n) is 14.6. The van der Waals surface area contributed by atoms with Crippen LogP contribution in [0.1, 0.15) is 44.5 Å². The molecule has 1 aromatic carbocycles. The lowest BCUT2D eigenvalue weighted by molar-refractivity contribution is 0.0942. The molecule has 0 fully saturated rings. The fourth-order valence-corrected chi connectivity index (χ4v) is 1.66. The Kier molecular flexibility index (Phi) is 10.9. The maximum Gasteiger partial charge on any atom is 0.251 e. The third-order valence-electron chi connectivity index (χ3n) is 2.60. The Hall–Kier alpha value is -1.75. The van der Waals surface area contributed by atoms with Crippen LogP contribution in [0.2, 0.25) is 0 Å². The molecule has 0 radical (unpaired) electrons. The van der Waals surface area contributed by atoms with E-state index in [4.69, 9.17) is 14.2 Å². The van der Waals surface area contributed by atoms with E-state index in [2.05, 4.69) is 5.32 Å². The van der Waals surface area contributed by atoms with Gasteiger partial charge >= 0.3 is 0 Å². The van der Waals surface area contributed by atoms with Crippen LogP contribution in [0.5, 0.6) is 11.5 Å². The van der Waals surface area contributed by atoms with Gasteiger partial charge in [0.15, 0.2) is 11.5 Å². The van der Waals surface area contributed by atoms with E-state index in [1.165, 1.54) is 0 Å². The number of methoxy groups -OCH3 is 2. The van der Waals surface area contributed by atoms with E-state index in [9.17, 15) is 4.79 Å². The van der Waals surface area contributed by atoms with Crippen LogP contribution in [0.15, 0.2) is 18.2 Å². The van der Waals surface area contributed by atoms with E-state index in [0.29, 0.717) is 30.3 Å². The second kappa shape index (κ2) is 11.9. The molecule has 0 aliphatic heterocycles. The number of carbonyl (C=O) groups excluding carboxylic acids is 1. The number of benzene rings is 1. The largest absolute Gasteiger partial charge is 0.493 e. The van der Waals surface area contributed by atoms with Gasteiger partial charge in [-0.3, -0.25) is 4.79 Å². The molecular weight excluding hydrogens is 282 g/mol. The number of amides is 1. The van der Waals surface area contributed by atoms with Crippen molar-refractivity contribution in [1.29, 1.82) is 0 Å². The standard InChI is InChI=1S/C15H23NO4.C2H6/c1-11(2)16-15(17)12-6-7-13(19-4)14(10-12)20-9-5-8-18-3;1-2/h6-7,10-11H,5,8-9H2,1-4H3,(H,16,17);1-2H3. The van der Waals surface area contributed by atoms with Gasteiger partial charge in [-0.25, -0.2) is 0 Å². The maximum atomic E-state index is 12.0. The molecule has 0 aliphatic rings. The van der Waals surface area contributed by atoms with Crippen molar-refractivity contribution in [2.75, 3.05) is 27.4 Å². The molecule has 0 aromatic heterocycles. The molecule has 0 unspecified atom stereocenters. The van der Waals surface area contributed by atoms with E-state index in [0.717, 1.165) is 6.42 Å². The summed E-state index contributed by atoms with van der Waals surface area (Å²) in [7, 11) is 3.22. The van der Waals surface area contributed by atoms with Gasteiger partial charge in [0.2, 0.25) is 0 Å². The fraction of sp³-hybridized carbons (Fsp3) is 0.588. The lowest BCUT2D eigenvalue weighted by Gasteiger charge is -2.13. The molecule has 0 saturated carbocycles. The Labute approximate surface area is 134 Å². The van der Waals surface area contributed by atoms with Gasteiger partial charge in [0.1, 0.15) is 0 Å². The number of hydrogen-bond donors (Lipinski definition) is 1. The summed E-state index contributed by atoms with van der Waals surface area (Å²) in [5.74, 6) is 1.06. The summed E-state index contributed by atoms with van der Waals surface area (Å²) in [6.07, 6.45) is 0.780. The van der Waals surface area contributed by atoms with Crippen LogP contribution in [0.4, 0.5) is 0 Å². The lowest BCUT2D eigenvalue weighted by atomic mass is 10.1. The summed E-state index contributed by atoms with van der Waals surface area (Å²) in [5.41, 5.74) is 0.557. The molecule has 5 heteroatoms. The van der Waals surface area contributed by atoms with Gasteiger partial charge < -0.3 is 19.5 Å². The van der Waals surface area contributed by atoms with E-state index in [-0.39, 0.29) is 11.9 Å². The maximum absolute atomic E-state index is 12.0. The minimum atomic E-state index is -0.121.